The number of carbonyl (C=O) groups excluding carboxylic acids is 1. The lowest BCUT2D eigenvalue weighted by atomic mass is 9.80. The molecule has 2 aliphatic rings. The molecule has 0 aromatic heterocycles. The molecule has 1 aliphatic carbocycles. The maximum atomic E-state index is 12.1. The third-order valence-corrected chi connectivity index (χ3v) is 4.17. The van der Waals surface area contributed by atoms with Gasteiger partial charge < -0.3 is 15.7 Å². The standard InChI is InChI=1S/C15H20N2O2/c18-14(17-10-15(19)6-2-7-15)12-4-5-13-11(9-12)3-1-8-16-13/h4-5,9,16,19H,1-3,6-8,10H2,(H,17,18). The molecule has 3 rings (SSSR count). The molecule has 1 saturated carbocycles. The SMILES string of the molecule is O=C(NCC1(O)CCC1)c1ccc2c(c1)CCCN2. The van der Waals surface area contributed by atoms with E-state index in [1.54, 1.807) is 0 Å². The second-order valence-corrected chi connectivity index (χ2v) is 5.66. The molecule has 0 spiro atoms. The monoisotopic (exact) mass is 260 g/mol. The van der Waals surface area contributed by atoms with E-state index in [2.05, 4.69) is 10.6 Å². The van der Waals surface area contributed by atoms with Crippen LogP contribution in [-0.2, 0) is 6.42 Å². The van der Waals surface area contributed by atoms with Crippen molar-refractivity contribution in [2.75, 3.05) is 18.4 Å². The zero-order chi connectivity index (χ0) is 13.3. The van der Waals surface area contributed by atoms with Crippen molar-refractivity contribution in [1.29, 1.82) is 0 Å². The van der Waals surface area contributed by atoms with Gasteiger partial charge in [0.2, 0.25) is 0 Å². The number of amides is 1. The Balaban J connectivity index is 1.66. The van der Waals surface area contributed by atoms with E-state index in [9.17, 15) is 9.90 Å². The number of rotatable bonds is 3. The van der Waals surface area contributed by atoms with E-state index in [0.29, 0.717) is 12.1 Å². The van der Waals surface area contributed by atoms with Crippen LogP contribution in [0, 0.1) is 0 Å². The van der Waals surface area contributed by atoms with Crippen LogP contribution >= 0.6 is 0 Å². The molecule has 0 atom stereocenters. The average Bonchev–Trinajstić information content (AvgIpc) is 2.42. The van der Waals surface area contributed by atoms with Gasteiger partial charge in [0.25, 0.3) is 5.91 Å². The Bertz CT molecular complexity index is 495. The summed E-state index contributed by atoms with van der Waals surface area (Å²) in [7, 11) is 0. The lowest BCUT2D eigenvalue weighted by Crippen LogP contribution is -2.47. The van der Waals surface area contributed by atoms with Crippen LogP contribution in [-0.4, -0.2) is 29.7 Å². The Labute approximate surface area is 113 Å². The average molecular weight is 260 g/mol. The molecule has 0 unspecified atom stereocenters. The molecule has 4 nitrogen and oxygen atoms in total. The van der Waals surface area contributed by atoms with E-state index in [0.717, 1.165) is 44.3 Å². The van der Waals surface area contributed by atoms with Gasteiger partial charge in [0.15, 0.2) is 0 Å². The third-order valence-electron chi connectivity index (χ3n) is 4.17. The van der Waals surface area contributed by atoms with Crippen LogP contribution in [0.5, 0.6) is 0 Å². The number of aliphatic hydroxyl groups is 1. The Hall–Kier alpha value is -1.55. The smallest absolute Gasteiger partial charge is 0.251 e. The second-order valence-electron chi connectivity index (χ2n) is 5.66. The first kappa shape index (κ1) is 12.5. The number of aryl methyl sites for hydroxylation is 1. The lowest BCUT2D eigenvalue weighted by Gasteiger charge is -2.36. The second kappa shape index (κ2) is 4.85. The number of fused-ring (bicyclic) bond motifs is 1. The summed E-state index contributed by atoms with van der Waals surface area (Å²) in [6.45, 7) is 1.37. The summed E-state index contributed by atoms with van der Waals surface area (Å²) in [6, 6.07) is 5.78. The summed E-state index contributed by atoms with van der Waals surface area (Å²) in [5.41, 5.74) is 2.37. The summed E-state index contributed by atoms with van der Waals surface area (Å²) in [4.78, 5) is 12.1. The van der Waals surface area contributed by atoms with E-state index >= 15 is 0 Å². The van der Waals surface area contributed by atoms with Crippen LogP contribution in [0.3, 0.4) is 0 Å². The summed E-state index contributed by atoms with van der Waals surface area (Å²) in [6.07, 6.45) is 4.77. The van der Waals surface area contributed by atoms with Crippen molar-refractivity contribution in [3.63, 3.8) is 0 Å². The molecule has 1 aliphatic heterocycles. The number of benzene rings is 1. The molecule has 0 saturated heterocycles. The highest BCUT2D eigenvalue weighted by atomic mass is 16.3. The van der Waals surface area contributed by atoms with Gasteiger partial charge in [0, 0.05) is 24.3 Å². The molecular formula is C15H20N2O2. The highest BCUT2D eigenvalue weighted by molar-refractivity contribution is 5.95. The quantitative estimate of drug-likeness (QED) is 0.775. The van der Waals surface area contributed by atoms with Gasteiger partial charge in [-0.15, -0.1) is 0 Å². The Morgan fingerprint density at radius 2 is 2.21 bits per heavy atom. The molecule has 1 aromatic carbocycles. The van der Waals surface area contributed by atoms with Gasteiger partial charge in [0.05, 0.1) is 5.60 Å². The van der Waals surface area contributed by atoms with Gasteiger partial charge in [-0.1, -0.05) is 0 Å². The minimum Gasteiger partial charge on any atom is -0.388 e. The lowest BCUT2D eigenvalue weighted by molar-refractivity contribution is -0.0300. The van der Waals surface area contributed by atoms with Gasteiger partial charge in [-0.25, -0.2) is 0 Å². The van der Waals surface area contributed by atoms with E-state index in [-0.39, 0.29) is 5.91 Å². The van der Waals surface area contributed by atoms with Crippen molar-refractivity contribution in [2.24, 2.45) is 0 Å². The zero-order valence-corrected chi connectivity index (χ0v) is 11.0. The molecular weight excluding hydrogens is 240 g/mol. The van der Waals surface area contributed by atoms with Crippen LogP contribution in [0.15, 0.2) is 18.2 Å². The Morgan fingerprint density at radius 1 is 1.37 bits per heavy atom. The van der Waals surface area contributed by atoms with E-state index in [4.69, 9.17) is 0 Å². The number of hydrogen-bond donors (Lipinski definition) is 3. The normalized spacial score (nSPS) is 19.8. The van der Waals surface area contributed by atoms with Crippen molar-refractivity contribution >= 4 is 11.6 Å². The van der Waals surface area contributed by atoms with Crippen LogP contribution < -0.4 is 10.6 Å². The molecule has 4 heteroatoms. The Morgan fingerprint density at radius 3 is 2.95 bits per heavy atom. The van der Waals surface area contributed by atoms with Crippen molar-refractivity contribution in [1.82, 2.24) is 5.32 Å². The van der Waals surface area contributed by atoms with Gasteiger partial charge in [-0.05, 0) is 55.9 Å². The largest absolute Gasteiger partial charge is 0.388 e. The minimum atomic E-state index is -0.661. The van der Waals surface area contributed by atoms with E-state index < -0.39 is 5.60 Å². The van der Waals surface area contributed by atoms with Crippen molar-refractivity contribution in [2.45, 2.75) is 37.7 Å². The molecule has 1 aromatic rings. The first-order valence-electron chi connectivity index (χ1n) is 7.04. The number of anilines is 1. The van der Waals surface area contributed by atoms with Crippen molar-refractivity contribution in [3.8, 4) is 0 Å². The first-order valence-corrected chi connectivity index (χ1v) is 7.04. The maximum absolute atomic E-state index is 12.1. The molecule has 0 radical (unpaired) electrons. The molecule has 1 heterocycles. The molecule has 3 N–H and O–H groups in total. The maximum Gasteiger partial charge on any atom is 0.251 e. The topological polar surface area (TPSA) is 61.4 Å². The fourth-order valence-corrected chi connectivity index (χ4v) is 2.72. The minimum absolute atomic E-state index is 0.0892. The number of carbonyl (C=O) groups is 1. The highest BCUT2D eigenvalue weighted by Gasteiger charge is 2.34. The third kappa shape index (κ3) is 2.59. The highest BCUT2D eigenvalue weighted by Crippen LogP contribution is 2.30. The van der Waals surface area contributed by atoms with Crippen LogP contribution in [0.2, 0.25) is 0 Å². The summed E-state index contributed by atoms with van der Waals surface area (Å²) < 4.78 is 0. The predicted molar refractivity (Wildman–Crippen MR) is 74.4 cm³/mol. The fourth-order valence-electron chi connectivity index (χ4n) is 2.72. The summed E-state index contributed by atoms with van der Waals surface area (Å²) >= 11 is 0. The fraction of sp³-hybridized carbons (Fsp3) is 0.533. The van der Waals surface area contributed by atoms with Gasteiger partial charge in [-0.2, -0.15) is 0 Å². The van der Waals surface area contributed by atoms with Gasteiger partial charge >= 0.3 is 0 Å². The predicted octanol–water partition coefficient (Wildman–Crippen LogP) is 1.69. The molecule has 19 heavy (non-hydrogen) atoms. The molecule has 102 valence electrons. The van der Waals surface area contributed by atoms with Crippen molar-refractivity contribution < 1.29 is 9.90 Å². The molecule has 1 fully saturated rings. The summed E-state index contributed by atoms with van der Waals surface area (Å²) in [5.74, 6) is -0.0892. The van der Waals surface area contributed by atoms with E-state index in [1.807, 2.05) is 18.2 Å². The molecule has 1 amide bonds. The number of nitrogens with one attached hydrogen (secondary N) is 2. The zero-order valence-electron chi connectivity index (χ0n) is 11.0. The number of hydrogen-bond acceptors (Lipinski definition) is 3. The summed E-state index contributed by atoms with van der Waals surface area (Å²) in [5, 5.41) is 16.1. The van der Waals surface area contributed by atoms with E-state index in [1.165, 1.54) is 5.56 Å². The Kier molecular flexibility index (Phi) is 3.19. The van der Waals surface area contributed by atoms with Crippen LogP contribution in [0.25, 0.3) is 0 Å². The first-order chi connectivity index (χ1) is 9.16. The van der Waals surface area contributed by atoms with Crippen LogP contribution in [0.1, 0.15) is 41.6 Å². The van der Waals surface area contributed by atoms with Crippen molar-refractivity contribution in [3.05, 3.63) is 29.3 Å². The molecule has 0 bridgehead atoms. The van der Waals surface area contributed by atoms with Crippen LogP contribution in [0.4, 0.5) is 5.69 Å². The van der Waals surface area contributed by atoms with Gasteiger partial charge in [0.1, 0.15) is 0 Å². The van der Waals surface area contributed by atoms with Gasteiger partial charge in [-0.3, -0.25) is 4.79 Å².